The van der Waals surface area contributed by atoms with Crippen molar-refractivity contribution in [3.63, 3.8) is 0 Å². The van der Waals surface area contributed by atoms with E-state index in [0.717, 1.165) is 16.6 Å². The van der Waals surface area contributed by atoms with Crippen LogP contribution in [0.25, 0.3) is 11.1 Å². The summed E-state index contributed by atoms with van der Waals surface area (Å²) in [4.78, 5) is 4.34. The van der Waals surface area contributed by atoms with Crippen LogP contribution in [0.2, 0.25) is 0 Å². The maximum atomic E-state index is 12.3. The number of oxazole rings is 1. The molecule has 0 aliphatic carbocycles. The first-order valence-corrected chi connectivity index (χ1v) is 8.15. The van der Waals surface area contributed by atoms with Gasteiger partial charge < -0.3 is 10.2 Å². The van der Waals surface area contributed by atoms with Gasteiger partial charge in [0.05, 0.1) is 0 Å². The first-order chi connectivity index (χ1) is 10.1. The molecule has 3 aromatic rings. The molecule has 2 aromatic carbocycles. The molecule has 3 rings (SSSR count). The van der Waals surface area contributed by atoms with E-state index in [1.54, 1.807) is 12.1 Å². The van der Waals surface area contributed by atoms with Crippen LogP contribution in [0.5, 0.6) is 0 Å². The molecule has 0 spiro atoms. The Balaban J connectivity index is 1.75. The Morgan fingerprint density at radius 1 is 1.19 bits per heavy atom. The van der Waals surface area contributed by atoms with Gasteiger partial charge in [-0.25, -0.2) is 4.98 Å². The zero-order chi connectivity index (χ0) is 14.8. The van der Waals surface area contributed by atoms with Crippen LogP contribution >= 0.6 is 0 Å². The smallest absolute Gasteiger partial charge is 0.208 e. The summed E-state index contributed by atoms with van der Waals surface area (Å²) < 4.78 is 17.9. The molecule has 0 saturated carbocycles. The second kappa shape index (κ2) is 5.69. The largest absolute Gasteiger partial charge is 0.440 e. The van der Waals surface area contributed by atoms with Crippen molar-refractivity contribution in [2.75, 3.05) is 5.73 Å². The van der Waals surface area contributed by atoms with Crippen LogP contribution in [0.4, 0.5) is 5.69 Å². The van der Waals surface area contributed by atoms with Crippen molar-refractivity contribution in [1.82, 2.24) is 4.98 Å². The number of hydrogen-bond donors (Lipinski definition) is 1. The summed E-state index contributed by atoms with van der Waals surface area (Å²) in [6.07, 6.45) is 0. The highest BCUT2D eigenvalue weighted by atomic mass is 32.2. The Labute approximate surface area is 125 Å². The molecule has 0 aliphatic rings. The number of fused-ring (bicyclic) bond motifs is 1. The van der Waals surface area contributed by atoms with Crippen molar-refractivity contribution in [1.29, 1.82) is 0 Å². The predicted octanol–water partition coefficient (Wildman–Crippen LogP) is 3.17. The molecule has 0 radical (unpaired) electrons. The highest BCUT2D eigenvalue weighted by molar-refractivity contribution is 7.83. The van der Waals surface area contributed by atoms with Gasteiger partial charge in [0.25, 0.3) is 0 Å². The number of anilines is 1. The lowest BCUT2D eigenvalue weighted by atomic mass is 10.1. The zero-order valence-corrected chi connectivity index (χ0v) is 12.5. The molecule has 1 atom stereocenters. The minimum absolute atomic E-state index is 0.308. The van der Waals surface area contributed by atoms with E-state index in [1.165, 1.54) is 0 Å². The van der Waals surface area contributed by atoms with Gasteiger partial charge >= 0.3 is 0 Å². The van der Waals surface area contributed by atoms with Gasteiger partial charge in [-0.2, -0.15) is 0 Å². The van der Waals surface area contributed by atoms with Crippen molar-refractivity contribution in [2.45, 2.75) is 18.4 Å². The molecule has 1 aromatic heterocycles. The van der Waals surface area contributed by atoms with Crippen LogP contribution in [-0.4, -0.2) is 9.19 Å². The molecule has 21 heavy (non-hydrogen) atoms. The van der Waals surface area contributed by atoms with Gasteiger partial charge in [-0.3, -0.25) is 4.21 Å². The average Bonchev–Trinajstić information content (AvgIpc) is 2.82. The van der Waals surface area contributed by atoms with E-state index < -0.39 is 10.8 Å². The number of aryl methyl sites for hydroxylation is 1. The Morgan fingerprint density at radius 2 is 2.00 bits per heavy atom. The molecule has 0 amide bonds. The standard InChI is InChI=1S/C16H16N2O2S/c1-11-4-2-3-5-12(11)9-21(19)10-16-18-14-7-6-13(17)8-15(14)20-16/h2-8H,9-10,17H2,1H3. The molecule has 0 aliphatic heterocycles. The monoisotopic (exact) mass is 300 g/mol. The van der Waals surface area contributed by atoms with E-state index in [1.807, 2.05) is 37.3 Å². The molecule has 0 bridgehead atoms. The SMILES string of the molecule is Cc1ccccc1CS(=O)Cc1nc2ccc(N)cc2o1. The van der Waals surface area contributed by atoms with E-state index in [9.17, 15) is 4.21 Å². The van der Waals surface area contributed by atoms with Crippen molar-refractivity contribution in [2.24, 2.45) is 0 Å². The lowest BCUT2D eigenvalue weighted by Gasteiger charge is -2.04. The Kier molecular flexibility index (Phi) is 3.75. The summed E-state index contributed by atoms with van der Waals surface area (Å²) in [5, 5.41) is 0. The van der Waals surface area contributed by atoms with E-state index in [4.69, 9.17) is 10.2 Å². The molecule has 2 N–H and O–H groups in total. The number of hydrogen-bond acceptors (Lipinski definition) is 4. The van der Waals surface area contributed by atoms with Gasteiger partial charge in [0, 0.05) is 28.3 Å². The Hall–Kier alpha value is -2.14. The van der Waals surface area contributed by atoms with Crippen molar-refractivity contribution in [3.05, 3.63) is 59.5 Å². The molecule has 0 saturated heterocycles. The van der Waals surface area contributed by atoms with Crippen LogP contribution < -0.4 is 5.73 Å². The highest BCUT2D eigenvalue weighted by Gasteiger charge is 2.11. The predicted molar refractivity (Wildman–Crippen MR) is 85.2 cm³/mol. The number of benzene rings is 2. The summed E-state index contributed by atoms with van der Waals surface area (Å²) in [7, 11) is -1.05. The quantitative estimate of drug-likeness (QED) is 0.751. The average molecular weight is 300 g/mol. The number of nitrogens with zero attached hydrogens (tertiary/aromatic N) is 1. The lowest BCUT2D eigenvalue weighted by Crippen LogP contribution is -2.01. The van der Waals surface area contributed by atoms with E-state index in [2.05, 4.69) is 4.98 Å². The van der Waals surface area contributed by atoms with Crippen molar-refractivity contribution >= 4 is 27.6 Å². The van der Waals surface area contributed by atoms with Crippen LogP contribution in [-0.2, 0) is 22.3 Å². The lowest BCUT2D eigenvalue weighted by molar-refractivity contribution is 0.552. The fourth-order valence-electron chi connectivity index (χ4n) is 2.18. The molecule has 1 heterocycles. The first kappa shape index (κ1) is 13.8. The fraction of sp³-hybridized carbons (Fsp3) is 0.188. The number of nitrogen functional groups attached to an aromatic ring is 1. The van der Waals surface area contributed by atoms with Gasteiger partial charge in [-0.1, -0.05) is 24.3 Å². The molecule has 108 valence electrons. The second-order valence-electron chi connectivity index (χ2n) is 4.99. The van der Waals surface area contributed by atoms with Crippen LogP contribution in [0.15, 0.2) is 46.9 Å². The Morgan fingerprint density at radius 3 is 2.81 bits per heavy atom. The van der Waals surface area contributed by atoms with Gasteiger partial charge in [0.15, 0.2) is 5.58 Å². The molecule has 5 heteroatoms. The maximum Gasteiger partial charge on any atom is 0.208 e. The Bertz CT molecular complexity index is 811. The third kappa shape index (κ3) is 3.13. The fourth-order valence-corrected chi connectivity index (χ4v) is 3.36. The van der Waals surface area contributed by atoms with Crippen LogP contribution in [0, 0.1) is 6.92 Å². The van der Waals surface area contributed by atoms with Gasteiger partial charge in [-0.15, -0.1) is 0 Å². The number of aromatic nitrogens is 1. The number of nitrogens with two attached hydrogens (primary N) is 1. The highest BCUT2D eigenvalue weighted by Crippen LogP contribution is 2.20. The van der Waals surface area contributed by atoms with E-state index in [0.29, 0.717) is 28.7 Å². The zero-order valence-electron chi connectivity index (χ0n) is 11.7. The molecule has 4 nitrogen and oxygen atoms in total. The maximum absolute atomic E-state index is 12.3. The van der Waals surface area contributed by atoms with E-state index in [-0.39, 0.29) is 0 Å². The first-order valence-electron chi connectivity index (χ1n) is 6.66. The topological polar surface area (TPSA) is 69.1 Å². The van der Waals surface area contributed by atoms with Gasteiger partial charge in [0.2, 0.25) is 5.89 Å². The normalized spacial score (nSPS) is 12.6. The summed E-state index contributed by atoms with van der Waals surface area (Å²) in [5.41, 5.74) is 9.96. The van der Waals surface area contributed by atoms with Crippen molar-refractivity contribution < 1.29 is 8.63 Å². The summed E-state index contributed by atoms with van der Waals surface area (Å²) >= 11 is 0. The summed E-state index contributed by atoms with van der Waals surface area (Å²) in [6, 6.07) is 13.3. The summed E-state index contributed by atoms with van der Waals surface area (Å²) in [5.74, 6) is 1.30. The molecule has 1 unspecified atom stereocenters. The third-order valence-corrected chi connectivity index (χ3v) is 4.52. The molecule has 0 fully saturated rings. The van der Waals surface area contributed by atoms with Crippen LogP contribution in [0.1, 0.15) is 17.0 Å². The van der Waals surface area contributed by atoms with Gasteiger partial charge in [-0.05, 0) is 30.2 Å². The summed E-state index contributed by atoms with van der Waals surface area (Å²) in [6.45, 7) is 2.02. The minimum Gasteiger partial charge on any atom is -0.440 e. The van der Waals surface area contributed by atoms with Crippen molar-refractivity contribution in [3.8, 4) is 0 Å². The second-order valence-corrected chi connectivity index (χ2v) is 6.45. The minimum atomic E-state index is -1.05. The van der Waals surface area contributed by atoms with Gasteiger partial charge in [0.1, 0.15) is 11.3 Å². The molecular weight excluding hydrogens is 284 g/mol. The van der Waals surface area contributed by atoms with E-state index >= 15 is 0 Å². The van der Waals surface area contributed by atoms with Crippen LogP contribution in [0.3, 0.4) is 0 Å². The number of rotatable bonds is 4. The third-order valence-electron chi connectivity index (χ3n) is 3.32. The molecular formula is C16H16N2O2S.